The van der Waals surface area contributed by atoms with Crippen molar-refractivity contribution in [3.8, 4) is 5.75 Å². The second-order valence-electron chi connectivity index (χ2n) is 13.0. The maximum absolute atomic E-state index is 9.59. The molecule has 224 valence electrons. The lowest BCUT2D eigenvalue weighted by Gasteiger charge is -2.13. The molecule has 0 fully saturated rings. The average Bonchev–Trinajstić information content (AvgIpc) is 2.84. The van der Waals surface area contributed by atoms with E-state index in [4.69, 9.17) is 0 Å². The van der Waals surface area contributed by atoms with Gasteiger partial charge in [0.15, 0.2) is 0 Å². The second-order valence-corrected chi connectivity index (χ2v) is 13.0. The zero-order valence-electron chi connectivity index (χ0n) is 27.6. The zero-order chi connectivity index (χ0) is 30.0. The largest absolute Gasteiger partial charge is 0.508 e. The Kier molecular flexibility index (Phi) is 16.2. The Balaban J connectivity index is 0.000000563. The van der Waals surface area contributed by atoms with Crippen LogP contribution in [0.1, 0.15) is 171 Å². The lowest BCUT2D eigenvalue weighted by molar-refractivity contribution is 0.464. The van der Waals surface area contributed by atoms with Gasteiger partial charge in [0.1, 0.15) is 5.75 Å². The van der Waals surface area contributed by atoms with E-state index in [9.17, 15) is 5.11 Å². The zero-order valence-corrected chi connectivity index (χ0v) is 27.6. The van der Waals surface area contributed by atoms with Crippen LogP contribution >= 0.6 is 0 Å². The molecule has 0 radical (unpaired) electrons. The predicted octanol–water partition coefficient (Wildman–Crippen LogP) is 12.8. The molecular formula is C39H62O. The van der Waals surface area contributed by atoms with Gasteiger partial charge in [-0.25, -0.2) is 0 Å². The van der Waals surface area contributed by atoms with Gasteiger partial charge in [0, 0.05) is 0 Å². The van der Waals surface area contributed by atoms with Gasteiger partial charge in [-0.05, 0) is 99.9 Å². The molecule has 3 aromatic rings. The molecule has 1 heteroatoms. The highest BCUT2D eigenvalue weighted by Gasteiger charge is 2.09. The molecule has 3 aromatic carbocycles. The van der Waals surface area contributed by atoms with E-state index in [2.05, 4.69) is 139 Å². The first kappa shape index (κ1) is 37.5. The van der Waals surface area contributed by atoms with E-state index in [1.807, 2.05) is 6.07 Å². The van der Waals surface area contributed by atoms with Crippen LogP contribution in [-0.4, -0.2) is 5.11 Å². The lowest BCUT2D eigenvalue weighted by Crippen LogP contribution is -1.95. The number of aromatic hydroxyl groups is 1. The van der Waals surface area contributed by atoms with Crippen LogP contribution in [0.3, 0.4) is 0 Å². The topological polar surface area (TPSA) is 20.2 Å². The third-order valence-electron chi connectivity index (χ3n) is 7.52. The lowest BCUT2D eigenvalue weighted by atomic mass is 9.92. The first-order valence-corrected chi connectivity index (χ1v) is 15.1. The molecular weight excluding hydrogens is 484 g/mol. The Bertz CT molecular complexity index is 999. The quantitative estimate of drug-likeness (QED) is 0.326. The molecule has 0 amide bonds. The number of phenols is 1. The fourth-order valence-corrected chi connectivity index (χ4v) is 4.67. The summed E-state index contributed by atoms with van der Waals surface area (Å²) >= 11 is 0. The van der Waals surface area contributed by atoms with Crippen LogP contribution in [0.25, 0.3) is 0 Å². The molecule has 3 rings (SSSR count). The Morgan fingerprint density at radius 2 is 0.675 bits per heavy atom. The SMILES string of the molecule is C.CC(C)c1ccc(O)c(C(C)C)c1.Cc1ccc(C(C)C)cc1C(C)C.Cc1ccc(C(C)C)cc1C(C)C. The van der Waals surface area contributed by atoms with E-state index in [0.717, 1.165) is 5.56 Å². The summed E-state index contributed by atoms with van der Waals surface area (Å²) in [5, 5.41) is 9.59. The molecule has 0 bridgehead atoms. The van der Waals surface area contributed by atoms with Crippen LogP contribution in [0.5, 0.6) is 5.75 Å². The van der Waals surface area contributed by atoms with Crippen LogP contribution in [0, 0.1) is 13.8 Å². The number of phenolic OH excluding ortho intramolecular Hbond substituents is 1. The first-order valence-electron chi connectivity index (χ1n) is 15.1. The molecule has 0 aromatic heterocycles. The molecule has 40 heavy (non-hydrogen) atoms. The standard InChI is InChI=1S/2C13H20.C12H18O.CH4/c2*1-9(2)12-7-6-11(5)13(8-12)10(3)4;1-8(2)10-5-6-12(13)11(7-10)9(3)4;/h2*6-10H,1-5H3;5-9,13H,1-4H3;1H4. The third-order valence-corrected chi connectivity index (χ3v) is 7.52. The summed E-state index contributed by atoms with van der Waals surface area (Å²) in [5.74, 6) is 3.88. The molecule has 0 aliphatic rings. The van der Waals surface area contributed by atoms with Crippen molar-refractivity contribution in [1.29, 1.82) is 0 Å². The highest BCUT2D eigenvalue weighted by molar-refractivity contribution is 5.39. The van der Waals surface area contributed by atoms with Crippen molar-refractivity contribution in [2.24, 2.45) is 0 Å². The minimum atomic E-state index is 0. The minimum Gasteiger partial charge on any atom is -0.508 e. The van der Waals surface area contributed by atoms with Crippen LogP contribution in [-0.2, 0) is 0 Å². The summed E-state index contributed by atoms with van der Waals surface area (Å²) in [6.07, 6.45) is 0. The van der Waals surface area contributed by atoms with Gasteiger partial charge >= 0.3 is 0 Å². The van der Waals surface area contributed by atoms with E-state index >= 15 is 0 Å². The number of benzene rings is 3. The summed E-state index contributed by atoms with van der Waals surface area (Å²) in [6, 6.07) is 19.6. The Hall–Kier alpha value is -2.54. The predicted molar refractivity (Wildman–Crippen MR) is 182 cm³/mol. The Morgan fingerprint density at radius 3 is 0.950 bits per heavy atom. The third kappa shape index (κ3) is 11.5. The van der Waals surface area contributed by atoms with Gasteiger partial charge in [-0.1, -0.05) is 139 Å². The number of rotatable bonds is 6. The molecule has 0 saturated heterocycles. The van der Waals surface area contributed by atoms with Gasteiger partial charge in [-0.15, -0.1) is 0 Å². The molecule has 0 unspecified atom stereocenters. The van der Waals surface area contributed by atoms with E-state index in [0.29, 0.717) is 41.3 Å². The van der Waals surface area contributed by atoms with E-state index in [1.54, 1.807) is 6.07 Å². The smallest absolute Gasteiger partial charge is 0.119 e. The molecule has 0 aliphatic carbocycles. The molecule has 0 saturated carbocycles. The summed E-state index contributed by atoms with van der Waals surface area (Å²) < 4.78 is 0. The number of aryl methyl sites for hydroxylation is 2. The molecule has 1 nitrogen and oxygen atoms in total. The highest BCUT2D eigenvalue weighted by atomic mass is 16.3. The van der Waals surface area contributed by atoms with Gasteiger partial charge in [0.05, 0.1) is 0 Å². The molecule has 1 N–H and O–H groups in total. The molecule has 0 spiro atoms. The summed E-state index contributed by atoms with van der Waals surface area (Å²) in [6.45, 7) is 30.9. The Morgan fingerprint density at radius 1 is 0.400 bits per heavy atom. The van der Waals surface area contributed by atoms with Crippen molar-refractivity contribution in [2.75, 3.05) is 0 Å². The van der Waals surface area contributed by atoms with Crippen molar-refractivity contribution < 1.29 is 5.11 Å². The monoisotopic (exact) mass is 546 g/mol. The van der Waals surface area contributed by atoms with Gasteiger partial charge < -0.3 is 5.11 Å². The molecule has 0 atom stereocenters. The fraction of sp³-hybridized carbons (Fsp3) is 0.538. The van der Waals surface area contributed by atoms with Crippen molar-refractivity contribution in [3.63, 3.8) is 0 Å². The van der Waals surface area contributed by atoms with Crippen molar-refractivity contribution in [2.45, 2.75) is 140 Å². The fourth-order valence-electron chi connectivity index (χ4n) is 4.67. The minimum absolute atomic E-state index is 0. The maximum atomic E-state index is 9.59. The van der Waals surface area contributed by atoms with Gasteiger partial charge in [0.2, 0.25) is 0 Å². The van der Waals surface area contributed by atoms with Crippen LogP contribution in [0.15, 0.2) is 54.6 Å². The van der Waals surface area contributed by atoms with Crippen LogP contribution < -0.4 is 0 Å². The maximum Gasteiger partial charge on any atom is 0.119 e. The Labute approximate surface area is 249 Å². The summed E-state index contributed by atoms with van der Waals surface area (Å²) in [5.41, 5.74) is 11.1. The average molecular weight is 547 g/mol. The van der Waals surface area contributed by atoms with Crippen molar-refractivity contribution in [3.05, 3.63) is 99.1 Å². The first-order chi connectivity index (χ1) is 18.1. The number of hydrogen-bond donors (Lipinski definition) is 1. The summed E-state index contributed by atoms with van der Waals surface area (Å²) in [4.78, 5) is 0. The van der Waals surface area contributed by atoms with Gasteiger partial charge in [-0.2, -0.15) is 0 Å². The summed E-state index contributed by atoms with van der Waals surface area (Å²) in [7, 11) is 0. The van der Waals surface area contributed by atoms with Crippen LogP contribution in [0.4, 0.5) is 0 Å². The number of hydrogen-bond acceptors (Lipinski definition) is 1. The van der Waals surface area contributed by atoms with Crippen molar-refractivity contribution in [1.82, 2.24) is 0 Å². The van der Waals surface area contributed by atoms with E-state index < -0.39 is 0 Å². The normalized spacial score (nSPS) is 11.0. The van der Waals surface area contributed by atoms with Gasteiger partial charge in [0.25, 0.3) is 0 Å². The van der Waals surface area contributed by atoms with E-state index in [-0.39, 0.29) is 7.43 Å². The molecule has 0 heterocycles. The molecule has 0 aliphatic heterocycles. The van der Waals surface area contributed by atoms with Crippen LogP contribution in [0.2, 0.25) is 0 Å². The van der Waals surface area contributed by atoms with Crippen molar-refractivity contribution >= 4 is 0 Å². The highest BCUT2D eigenvalue weighted by Crippen LogP contribution is 2.29. The van der Waals surface area contributed by atoms with E-state index in [1.165, 1.54) is 38.9 Å². The van der Waals surface area contributed by atoms with Gasteiger partial charge in [-0.3, -0.25) is 0 Å². The second kappa shape index (κ2) is 17.3.